The fourth-order valence-corrected chi connectivity index (χ4v) is 1.28. The van der Waals surface area contributed by atoms with Crippen molar-refractivity contribution >= 4 is 11.9 Å². The van der Waals surface area contributed by atoms with E-state index >= 15 is 0 Å². The third-order valence-electron chi connectivity index (χ3n) is 2.13. The zero-order valence-corrected chi connectivity index (χ0v) is 9.33. The second-order valence-corrected chi connectivity index (χ2v) is 3.62. The second-order valence-electron chi connectivity index (χ2n) is 3.62. The van der Waals surface area contributed by atoms with E-state index in [2.05, 4.69) is 10.3 Å². The van der Waals surface area contributed by atoms with Crippen LogP contribution in [0.3, 0.4) is 0 Å². The molecule has 17 heavy (non-hydrogen) atoms. The molecule has 1 aromatic rings. The van der Waals surface area contributed by atoms with Crippen LogP contribution in [-0.2, 0) is 16.0 Å². The summed E-state index contributed by atoms with van der Waals surface area (Å²) < 4.78 is 0. The van der Waals surface area contributed by atoms with Gasteiger partial charge in [0.1, 0.15) is 0 Å². The summed E-state index contributed by atoms with van der Waals surface area (Å²) in [6.07, 6.45) is 0.378. The minimum atomic E-state index is -1.30. The third kappa shape index (κ3) is 4.20. The summed E-state index contributed by atoms with van der Waals surface area (Å²) in [7, 11) is 0. The highest BCUT2D eigenvalue weighted by atomic mass is 16.4. The van der Waals surface area contributed by atoms with Crippen LogP contribution in [0.1, 0.15) is 12.6 Å². The smallest absolute Gasteiger partial charge is 0.328 e. The number of carboxylic acid groups (broad SMARTS) is 1. The van der Waals surface area contributed by atoms with Gasteiger partial charge in [-0.15, -0.1) is 0 Å². The number of aromatic nitrogens is 1. The van der Waals surface area contributed by atoms with E-state index < -0.39 is 24.0 Å². The van der Waals surface area contributed by atoms with Crippen molar-refractivity contribution in [1.82, 2.24) is 10.3 Å². The minimum absolute atomic E-state index is 0.0165. The Bertz CT molecular complexity index is 392. The fraction of sp³-hybridized carbons (Fsp3) is 0.364. The molecule has 1 rings (SSSR count). The van der Waals surface area contributed by atoms with Crippen LogP contribution in [0.5, 0.6) is 0 Å². The van der Waals surface area contributed by atoms with Crippen LogP contribution < -0.4 is 5.32 Å². The average molecular weight is 238 g/mol. The summed E-state index contributed by atoms with van der Waals surface area (Å²) in [4.78, 5) is 26.2. The molecule has 1 aromatic heterocycles. The summed E-state index contributed by atoms with van der Waals surface area (Å²) in [6.45, 7) is 1.31. The van der Waals surface area contributed by atoms with Crippen molar-refractivity contribution < 1.29 is 19.8 Å². The van der Waals surface area contributed by atoms with Crippen molar-refractivity contribution in [2.24, 2.45) is 0 Å². The van der Waals surface area contributed by atoms with E-state index in [1.165, 1.54) is 6.92 Å². The maximum absolute atomic E-state index is 11.5. The van der Waals surface area contributed by atoms with Gasteiger partial charge >= 0.3 is 5.97 Å². The largest absolute Gasteiger partial charge is 0.480 e. The van der Waals surface area contributed by atoms with E-state index in [-0.39, 0.29) is 6.42 Å². The Balaban J connectivity index is 2.57. The number of aliphatic hydroxyl groups is 1. The van der Waals surface area contributed by atoms with Crippen LogP contribution in [-0.4, -0.2) is 39.2 Å². The van der Waals surface area contributed by atoms with Gasteiger partial charge in [-0.3, -0.25) is 9.78 Å². The van der Waals surface area contributed by atoms with Gasteiger partial charge in [-0.25, -0.2) is 4.79 Å². The lowest BCUT2D eigenvalue weighted by Crippen LogP contribution is -2.48. The van der Waals surface area contributed by atoms with Gasteiger partial charge in [0.25, 0.3) is 0 Å². The van der Waals surface area contributed by atoms with Gasteiger partial charge in [-0.2, -0.15) is 0 Å². The van der Waals surface area contributed by atoms with Gasteiger partial charge in [0.2, 0.25) is 5.91 Å². The van der Waals surface area contributed by atoms with E-state index in [1.807, 2.05) is 0 Å². The number of amides is 1. The number of carbonyl (C=O) groups is 2. The Labute approximate surface area is 98.3 Å². The quantitative estimate of drug-likeness (QED) is 0.646. The molecule has 0 spiro atoms. The molecule has 0 fully saturated rings. The van der Waals surface area contributed by atoms with Gasteiger partial charge in [0, 0.05) is 11.9 Å². The fourth-order valence-electron chi connectivity index (χ4n) is 1.28. The van der Waals surface area contributed by atoms with Crippen molar-refractivity contribution in [3.63, 3.8) is 0 Å². The van der Waals surface area contributed by atoms with Gasteiger partial charge in [0.05, 0.1) is 12.5 Å². The van der Waals surface area contributed by atoms with Crippen LogP contribution in [0, 0.1) is 0 Å². The van der Waals surface area contributed by atoms with Gasteiger partial charge in [0.15, 0.2) is 6.04 Å². The Kier molecular flexibility index (Phi) is 4.59. The van der Waals surface area contributed by atoms with Crippen LogP contribution in [0.25, 0.3) is 0 Å². The number of nitrogens with one attached hydrogen (secondary N) is 1. The van der Waals surface area contributed by atoms with Crippen LogP contribution in [0.15, 0.2) is 24.4 Å². The number of aliphatic hydroxyl groups excluding tert-OH is 1. The van der Waals surface area contributed by atoms with Crippen LogP contribution in [0.2, 0.25) is 0 Å². The minimum Gasteiger partial charge on any atom is -0.480 e. The lowest BCUT2D eigenvalue weighted by Gasteiger charge is -2.16. The van der Waals surface area contributed by atoms with E-state index in [4.69, 9.17) is 5.11 Å². The van der Waals surface area contributed by atoms with Crippen molar-refractivity contribution in [1.29, 1.82) is 0 Å². The molecule has 0 aliphatic heterocycles. The number of aliphatic carboxylic acids is 1. The van der Waals surface area contributed by atoms with Crippen molar-refractivity contribution in [3.05, 3.63) is 30.1 Å². The summed E-state index contributed by atoms with van der Waals surface area (Å²) in [5.74, 6) is -1.76. The summed E-state index contributed by atoms with van der Waals surface area (Å²) >= 11 is 0. The highest BCUT2D eigenvalue weighted by Crippen LogP contribution is 1.97. The second kappa shape index (κ2) is 5.95. The summed E-state index contributed by atoms with van der Waals surface area (Å²) in [5.41, 5.74) is 0.541. The highest BCUT2D eigenvalue weighted by Gasteiger charge is 2.24. The molecular formula is C11H14N2O4. The number of pyridine rings is 1. The molecule has 6 heteroatoms. The van der Waals surface area contributed by atoms with E-state index in [1.54, 1.807) is 24.4 Å². The molecule has 0 aliphatic carbocycles. The predicted molar refractivity (Wildman–Crippen MR) is 59.2 cm³/mol. The van der Waals surface area contributed by atoms with Gasteiger partial charge in [-0.05, 0) is 19.1 Å². The Morgan fingerprint density at radius 3 is 2.65 bits per heavy atom. The molecule has 1 heterocycles. The van der Waals surface area contributed by atoms with E-state index in [0.717, 1.165) is 0 Å². The molecule has 0 bridgehead atoms. The molecular weight excluding hydrogens is 224 g/mol. The highest BCUT2D eigenvalue weighted by molar-refractivity contribution is 5.84. The van der Waals surface area contributed by atoms with Crippen LogP contribution >= 0.6 is 0 Å². The lowest BCUT2D eigenvalue weighted by atomic mass is 10.1. The topological polar surface area (TPSA) is 99.5 Å². The number of hydrogen-bond donors (Lipinski definition) is 3. The first kappa shape index (κ1) is 13.1. The van der Waals surface area contributed by atoms with Gasteiger partial charge in [-0.1, -0.05) is 6.07 Å². The Morgan fingerprint density at radius 2 is 2.18 bits per heavy atom. The number of hydrogen-bond acceptors (Lipinski definition) is 4. The number of rotatable bonds is 5. The van der Waals surface area contributed by atoms with Crippen molar-refractivity contribution in [2.75, 3.05) is 0 Å². The van der Waals surface area contributed by atoms with Crippen molar-refractivity contribution in [3.8, 4) is 0 Å². The standard InChI is InChI=1S/C11H14N2O4/c1-7(14)10(11(16)17)13-9(15)6-8-4-2-3-5-12-8/h2-5,7,10,14H,6H2,1H3,(H,13,15)(H,16,17). The average Bonchev–Trinajstić information content (AvgIpc) is 2.26. The first-order valence-corrected chi connectivity index (χ1v) is 5.11. The molecule has 2 atom stereocenters. The maximum Gasteiger partial charge on any atom is 0.328 e. The van der Waals surface area contributed by atoms with Gasteiger partial charge < -0.3 is 15.5 Å². The summed E-state index contributed by atoms with van der Waals surface area (Å²) in [5, 5.41) is 20.2. The molecule has 92 valence electrons. The summed E-state index contributed by atoms with van der Waals surface area (Å²) in [6, 6.07) is 3.82. The molecule has 0 saturated carbocycles. The van der Waals surface area contributed by atoms with E-state index in [0.29, 0.717) is 5.69 Å². The zero-order chi connectivity index (χ0) is 12.8. The molecule has 0 saturated heterocycles. The molecule has 2 unspecified atom stereocenters. The normalized spacial score (nSPS) is 13.8. The number of nitrogens with zero attached hydrogens (tertiary/aromatic N) is 1. The molecule has 6 nitrogen and oxygen atoms in total. The SMILES string of the molecule is CC(O)C(NC(=O)Cc1ccccn1)C(=O)O. The van der Waals surface area contributed by atoms with Crippen LogP contribution in [0.4, 0.5) is 0 Å². The first-order valence-electron chi connectivity index (χ1n) is 5.11. The molecule has 1 amide bonds. The first-order chi connectivity index (χ1) is 8.00. The zero-order valence-electron chi connectivity index (χ0n) is 9.33. The Hall–Kier alpha value is -1.95. The number of carbonyl (C=O) groups excluding carboxylic acids is 1. The molecule has 3 N–H and O–H groups in total. The maximum atomic E-state index is 11.5. The monoisotopic (exact) mass is 238 g/mol. The van der Waals surface area contributed by atoms with Crippen molar-refractivity contribution in [2.45, 2.75) is 25.5 Å². The lowest BCUT2D eigenvalue weighted by molar-refractivity contribution is -0.144. The third-order valence-corrected chi connectivity index (χ3v) is 2.13. The molecule has 0 radical (unpaired) electrons. The molecule has 0 aromatic carbocycles. The molecule has 0 aliphatic rings. The number of carboxylic acids is 1. The van der Waals surface area contributed by atoms with E-state index in [9.17, 15) is 14.7 Å². The predicted octanol–water partition coefficient (Wildman–Crippen LogP) is -0.426. The Morgan fingerprint density at radius 1 is 1.47 bits per heavy atom.